The Hall–Kier alpha value is -1.34. The fourth-order valence-electron chi connectivity index (χ4n) is 3.15. The highest BCUT2D eigenvalue weighted by Gasteiger charge is 2.38. The molecule has 6 nitrogen and oxygen atoms in total. The maximum Gasteiger partial charge on any atom is 0.340 e. The van der Waals surface area contributed by atoms with Crippen molar-refractivity contribution in [3.05, 3.63) is 17.1 Å². The standard InChI is InChI=1S/C14H21NO5S/c1-8-5-9(2)7-15(6-8)21(18,19)13-11(4)20-10(3)12(13)14(16)17/h8-9H,5-7H2,1-4H3,(H,16,17). The Morgan fingerprint density at radius 1 is 1.19 bits per heavy atom. The molecule has 7 heteroatoms. The van der Waals surface area contributed by atoms with Crippen molar-refractivity contribution in [1.82, 2.24) is 4.31 Å². The van der Waals surface area contributed by atoms with E-state index in [1.807, 2.05) is 13.8 Å². The first-order valence-corrected chi connectivity index (χ1v) is 8.42. The fraction of sp³-hybridized carbons (Fsp3) is 0.643. The van der Waals surface area contributed by atoms with Gasteiger partial charge in [0.05, 0.1) is 0 Å². The number of carboxylic acid groups (broad SMARTS) is 1. The van der Waals surface area contributed by atoms with Gasteiger partial charge in [-0.1, -0.05) is 13.8 Å². The van der Waals surface area contributed by atoms with Gasteiger partial charge in [0, 0.05) is 13.1 Å². The number of rotatable bonds is 3. The Balaban J connectivity index is 2.52. The van der Waals surface area contributed by atoms with E-state index >= 15 is 0 Å². The molecule has 2 rings (SSSR count). The Bertz CT molecular complexity index is 651. The molecule has 0 spiro atoms. The third kappa shape index (κ3) is 2.85. The van der Waals surface area contributed by atoms with Crippen LogP contribution in [0.4, 0.5) is 0 Å². The predicted octanol–water partition coefficient (Wildman–Crippen LogP) is 2.26. The maximum atomic E-state index is 12.8. The van der Waals surface area contributed by atoms with E-state index in [1.165, 1.54) is 18.2 Å². The summed E-state index contributed by atoms with van der Waals surface area (Å²) >= 11 is 0. The van der Waals surface area contributed by atoms with E-state index in [9.17, 15) is 18.3 Å². The van der Waals surface area contributed by atoms with E-state index in [-0.39, 0.29) is 33.8 Å². The zero-order valence-corrected chi connectivity index (χ0v) is 13.5. The number of furan rings is 1. The summed E-state index contributed by atoms with van der Waals surface area (Å²) < 4.78 is 32.3. The van der Waals surface area contributed by atoms with Gasteiger partial charge in [0.15, 0.2) is 0 Å². The van der Waals surface area contributed by atoms with Crippen molar-refractivity contribution in [2.75, 3.05) is 13.1 Å². The van der Waals surface area contributed by atoms with Crippen molar-refractivity contribution in [2.45, 2.75) is 39.0 Å². The zero-order chi connectivity index (χ0) is 15.9. The van der Waals surface area contributed by atoms with Crippen LogP contribution < -0.4 is 0 Å². The van der Waals surface area contributed by atoms with Crippen LogP contribution >= 0.6 is 0 Å². The number of aromatic carboxylic acids is 1. The molecule has 1 aliphatic heterocycles. The fourth-order valence-corrected chi connectivity index (χ4v) is 5.21. The van der Waals surface area contributed by atoms with Crippen LogP contribution in [0.25, 0.3) is 0 Å². The molecule has 1 aromatic rings. The molecule has 1 fully saturated rings. The molecule has 0 aliphatic carbocycles. The summed E-state index contributed by atoms with van der Waals surface area (Å²) in [5.41, 5.74) is -0.252. The number of piperidine rings is 1. The van der Waals surface area contributed by atoms with E-state index in [1.54, 1.807) is 0 Å². The second kappa shape index (κ2) is 5.46. The first kappa shape index (κ1) is 16.0. The lowest BCUT2D eigenvalue weighted by Crippen LogP contribution is -2.43. The van der Waals surface area contributed by atoms with Crippen LogP contribution in [-0.2, 0) is 10.0 Å². The number of aryl methyl sites for hydroxylation is 2. The van der Waals surface area contributed by atoms with Crippen molar-refractivity contribution in [2.24, 2.45) is 11.8 Å². The van der Waals surface area contributed by atoms with Crippen LogP contribution in [0.1, 0.15) is 42.1 Å². The molecule has 0 radical (unpaired) electrons. The summed E-state index contributed by atoms with van der Waals surface area (Å²) in [5.74, 6) is -0.510. The van der Waals surface area contributed by atoms with Crippen LogP contribution in [0.15, 0.2) is 9.31 Å². The summed E-state index contributed by atoms with van der Waals surface area (Å²) in [6, 6.07) is 0. The van der Waals surface area contributed by atoms with Crippen molar-refractivity contribution in [3.63, 3.8) is 0 Å². The van der Waals surface area contributed by atoms with Gasteiger partial charge in [-0.25, -0.2) is 13.2 Å². The van der Waals surface area contributed by atoms with Gasteiger partial charge in [-0.2, -0.15) is 4.31 Å². The third-order valence-electron chi connectivity index (χ3n) is 3.85. The minimum atomic E-state index is -3.85. The van der Waals surface area contributed by atoms with Gasteiger partial charge < -0.3 is 9.52 Å². The topological polar surface area (TPSA) is 87.8 Å². The molecule has 0 amide bonds. The molecule has 21 heavy (non-hydrogen) atoms. The molecule has 2 unspecified atom stereocenters. The molecule has 1 aliphatic rings. The van der Waals surface area contributed by atoms with E-state index in [0.717, 1.165) is 6.42 Å². The number of nitrogens with zero attached hydrogens (tertiary/aromatic N) is 1. The maximum absolute atomic E-state index is 12.8. The average molecular weight is 315 g/mol. The SMILES string of the molecule is Cc1oc(C)c(S(=O)(=O)N2CC(C)CC(C)C2)c1C(=O)O. The van der Waals surface area contributed by atoms with E-state index < -0.39 is 16.0 Å². The van der Waals surface area contributed by atoms with Gasteiger partial charge >= 0.3 is 5.97 Å². The molecule has 0 aromatic carbocycles. The second-order valence-electron chi connectivity index (χ2n) is 5.99. The summed E-state index contributed by atoms with van der Waals surface area (Å²) in [5, 5.41) is 9.28. The van der Waals surface area contributed by atoms with Gasteiger partial charge in [-0.05, 0) is 32.1 Å². The molecular formula is C14H21NO5S. The third-order valence-corrected chi connectivity index (χ3v) is 5.84. The van der Waals surface area contributed by atoms with Crippen LogP contribution in [0.3, 0.4) is 0 Å². The van der Waals surface area contributed by atoms with Crippen molar-refractivity contribution < 1.29 is 22.7 Å². The predicted molar refractivity (Wildman–Crippen MR) is 76.8 cm³/mol. The second-order valence-corrected chi connectivity index (χ2v) is 7.87. The minimum absolute atomic E-state index is 0.122. The van der Waals surface area contributed by atoms with E-state index in [0.29, 0.717) is 13.1 Å². The normalized spacial score (nSPS) is 24.2. The summed E-state index contributed by atoms with van der Waals surface area (Å²) in [6.07, 6.45) is 0.973. The molecule has 1 saturated heterocycles. The lowest BCUT2D eigenvalue weighted by Gasteiger charge is -2.34. The molecular weight excluding hydrogens is 294 g/mol. The Labute approximate surface area is 124 Å². The summed E-state index contributed by atoms with van der Waals surface area (Å²) in [7, 11) is -3.85. The first-order valence-electron chi connectivity index (χ1n) is 6.98. The number of carbonyl (C=O) groups is 1. The lowest BCUT2D eigenvalue weighted by molar-refractivity contribution is 0.0691. The Morgan fingerprint density at radius 2 is 1.71 bits per heavy atom. The molecule has 2 heterocycles. The lowest BCUT2D eigenvalue weighted by atomic mass is 9.94. The highest BCUT2D eigenvalue weighted by molar-refractivity contribution is 7.89. The zero-order valence-electron chi connectivity index (χ0n) is 12.7. The number of hydrogen-bond donors (Lipinski definition) is 1. The highest BCUT2D eigenvalue weighted by Crippen LogP contribution is 2.32. The number of hydrogen-bond acceptors (Lipinski definition) is 4. The van der Waals surface area contributed by atoms with E-state index in [4.69, 9.17) is 4.42 Å². The molecule has 1 aromatic heterocycles. The van der Waals surface area contributed by atoms with Gasteiger partial charge in [-0.3, -0.25) is 0 Å². The minimum Gasteiger partial charge on any atom is -0.478 e. The van der Waals surface area contributed by atoms with Crippen LogP contribution in [0, 0.1) is 25.7 Å². The largest absolute Gasteiger partial charge is 0.478 e. The van der Waals surface area contributed by atoms with Crippen molar-refractivity contribution in [3.8, 4) is 0 Å². The Kier molecular flexibility index (Phi) is 4.17. The van der Waals surface area contributed by atoms with Crippen molar-refractivity contribution in [1.29, 1.82) is 0 Å². The van der Waals surface area contributed by atoms with Gasteiger partial charge in [0.25, 0.3) is 0 Å². The Morgan fingerprint density at radius 3 is 2.19 bits per heavy atom. The molecule has 0 saturated carbocycles. The van der Waals surface area contributed by atoms with Crippen LogP contribution in [0.5, 0.6) is 0 Å². The monoisotopic (exact) mass is 315 g/mol. The van der Waals surface area contributed by atoms with E-state index in [2.05, 4.69) is 0 Å². The highest BCUT2D eigenvalue weighted by atomic mass is 32.2. The van der Waals surface area contributed by atoms with Gasteiger partial charge in [0.1, 0.15) is 22.0 Å². The average Bonchev–Trinajstić information content (AvgIpc) is 2.63. The quantitative estimate of drug-likeness (QED) is 0.924. The molecule has 2 atom stereocenters. The smallest absolute Gasteiger partial charge is 0.340 e. The first-order chi connectivity index (χ1) is 9.64. The number of sulfonamides is 1. The van der Waals surface area contributed by atoms with Crippen molar-refractivity contribution >= 4 is 16.0 Å². The summed E-state index contributed by atoms with van der Waals surface area (Å²) in [6.45, 7) is 7.79. The van der Waals surface area contributed by atoms with Gasteiger partial charge in [0.2, 0.25) is 10.0 Å². The van der Waals surface area contributed by atoms with Crippen LogP contribution in [-0.4, -0.2) is 36.9 Å². The summed E-state index contributed by atoms with van der Waals surface area (Å²) in [4.78, 5) is 11.2. The number of carboxylic acids is 1. The molecule has 1 N–H and O–H groups in total. The van der Waals surface area contributed by atoms with Gasteiger partial charge in [-0.15, -0.1) is 0 Å². The molecule has 0 bridgehead atoms. The molecule has 118 valence electrons. The van der Waals surface area contributed by atoms with Crippen LogP contribution in [0.2, 0.25) is 0 Å².